The Labute approximate surface area is 77.8 Å². The van der Waals surface area contributed by atoms with Crippen LogP contribution in [0.1, 0.15) is 41.5 Å². The third-order valence-corrected chi connectivity index (χ3v) is 2.54. The van der Waals surface area contributed by atoms with Crippen LogP contribution in [-0.2, 0) is 0 Å². The Morgan fingerprint density at radius 2 is 0.833 bits per heavy atom. The first-order valence-electron chi connectivity index (χ1n) is 4.96. The van der Waals surface area contributed by atoms with Crippen molar-refractivity contribution in [1.82, 2.24) is 0 Å². The molecule has 0 heteroatoms. The van der Waals surface area contributed by atoms with Crippen molar-refractivity contribution >= 4 is 0 Å². The van der Waals surface area contributed by atoms with Crippen molar-refractivity contribution < 1.29 is 0 Å². The topological polar surface area (TPSA) is 0 Å². The van der Waals surface area contributed by atoms with E-state index in [-0.39, 0.29) is 0 Å². The Bertz CT molecular complexity index is 148. The minimum absolute atomic E-state index is 0.534. The minimum Gasteiger partial charge on any atom is -0.0996 e. The van der Waals surface area contributed by atoms with Crippen LogP contribution in [0.25, 0.3) is 0 Å². The third-order valence-electron chi connectivity index (χ3n) is 2.54. The molecule has 2 unspecified atom stereocenters. The lowest BCUT2D eigenvalue weighted by Crippen LogP contribution is -2.04. The molecule has 0 saturated carbocycles. The molecule has 0 fully saturated rings. The zero-order valence-corrected chi connectivity index (χ0v) is 9.31. The molecule has 0 aliphatic rings. The molecule has 0 aliphatic carbocycles. The molecular weight excluding hydrogens is 144 g/mol. The molecule has 0 amide bonds. The minimum atomic E-state index is 0.534. The SMILES string of the molecule is CC(C)C(C)C#CC(C)C(C)C. The van der Waals surface area contributed by atoms with E-state index < -0.39 is 0 Å². The Kier molecular flexibility index (Phi) is 5.06. The summed E-state index contributed by atoms with van der Waals surface area (Å²) >= 11 is 0. The molecule has 0 aromatic carbocycles. The smallest absolute Gasteiger partial charge is 0.0197 e. The lowest BCUT2D eigenvalue weighted by atomic mass is 9.95. The second kappa shape index (κ2) is 5.25. The van der Waals surface area contributed by atoms with Crippen LogP contribution in [0, 0.1) is 35.5 Å². The van der Waals surface area contributed by atoms with E-state index in [0.29, 0.717) is 23.7 Å². The highest BCUT2D eigenvalue weighted by Crippen LogP contribution is 2.11. The highest BCUT2D eigenvalue weighted by Gasteiger charge is 2.04. The molecule has 12 heavy (non-hydrogen) atoms. The molecule has 70 valence electrons. The first-order valence-corrected chi connectivity index (χ1v) is 4.96. The molecule has 0 aliphatic heterocycles. The van der Waals surface area contributed by atoms with E-state index in [1.807, 2.05) is 0 Å². The van der Waals surface area contributed by atoms with Gasteiger partial charge in [-0.3, -0.25) is 0 Å². The Hall–Kier alpha value is -0.440. The van der Waals surface area contributed by atoms with Crippen molar-refractivity contribution in [3.05, 3.63) is 0 Å². The molecule has 0 saturated heterocycles. The van der Waals surface area contributed by atoms with Gasteiger partial charge in [-0.05, 0) is 11.8 Å². The van der Waals surface area contributed by atoms with E-state index in [1.54, 1.807) is 0 Å². The van der Waals surface area contributed by atoms with Crippen molar-refractivity contribution in [3.8, 4) is 11.8 Å². The van der Waals surface area contributed by atoms with E-state index in [1.165, 1.54) is 0 Å². The van der Waals surface area contributed by atoms with E-state index >= 15 is 0 Å². The van der Waals surface area contributed by atoms with E-state index in [4.69, 9.17) is 0 Å². The fraction of sp³-hybridized carbons (Fsp3) is 0.833. The van der Waals surface area contributed by atoms with Crippen LogP contribution < -0.4 is 0 Å². The molecule has 0 radical (unpaired) electrons. The lowest BCUT2D eigenvalue weighted by molar-refractivity contribution is 0.504. The average Bonchev–Trinajstić information content (AvgIpc) is 1.98. The highest BCUT2D eigenvalue weighted by molar-refractivity contribution is 5.06. The zero-order chi connectivity index (χ0) is 9.72. The van der Waals surface area contributed by atoms with Crippen molar-refractivity contribution in [2.24, 2.45) is 23.7 Å². The van der Waals surface area contributed by atoms with Crippen LogP contribution in [0.2, 0.25) is 0 Å². The summed E-state index contributed by atoms with van der Waals surface area (Å²) in [7, 11) is 0. The maximum Gasteiger partial charge on any atom is 0.0197 e. The van der Waals surface area contributed by atoms with Crippen LogP contribution in [0.4, 0.5) is 0 Å². The van der Waals surface area contributed by atoms with Crippen LogP contribution in [0.5, 0.6) is 0 Å². The summed E-state index contributed by atoms with van der Waals surface area (Å²) in [5.41, 5.74) is 0. The molecule has 2 atom stereocenters. The van der Waals surface area contributed by atoms with Crippen molar-refractivity contribution in [2.75, 3.05) is 0 Å². The van der Waals surface area contributed by atoms with Gasteiger partial charge in [0.15, 0.2) is 0 Å². The van der Waals surface area contributed by atoms with Gasteiger partial charge in [-0.25, -0.2) is 0 Å². The van der Waals surface area contributed by atoms with Gasteiger partial charge in [-0.2, -0.15) is 0 Å². The van der Waals surface area contributed by atoms with Gasteiger partial charge < -0.3 is 0 Å². The summed E-state index contributed by atoms with van der Waals surface area (Å²) in [6.45, 7) is 13.3. The summed E-state index contributed by atoms with van der Waals surface area (Å²) < 4.78 is 0. The normalized spacial score (nSPS) is 15.7. The van der Waals surface area contributed by atoms with E-state index in [0.717, 1.165) is 0 Å². The van der Waals surface area contributed by atoms with Gasteiger partial charge in [0.1, 0.15) is 0 Å². The van der Waals surface area contributed by atoms with Gasteiger partial charge in [-0.1, -0.05) is 53.4 Å². The summed E-state index contributed by atoms with van der Waals surface area (Å²) in [6.07, 6.45) is 0. The van der Waals surface area contributed by atoms with Gasteiger partial charge in [0, 0.05) is 11.8 Å². The predicted molar refractivity (Wildman–Crippen MR) is 55.8 cm³/mol. The van der Waals surface area contributed by atoms with Gasteiger partial charge in [0.25, 0.3) is 0 Å². The van der Waals surface area contributed by atoms with Crippen molar-refractivity contribution in [2.45, 2.75) is 41.5 Å². The Morgan fingerprint density at radius 1 is 0.583 bits per heavy atom. The quantitative estimate of drug-likeness (QED) is 0.550. The number of hydrogen-bond acceptors (Lipinski definition) is 0. The number of hydrogen-bond donors (Lipinski definition) is 0. The average molecular weight is 166 g/mol. The Morgan fingerprint density at radius 3 is 1.00 bits per heavy atom. The fourth-order valence-electron chi connectivity index (χ4n) is 0.596. The molecule has 0 bridgehead atoms. The summed E-state index contributed by atoms with van der Waals surface area (Å²) in [6, 6.07) is 0. The van der Waals surface area contributed by atoms with E-state index in [9.17, 15) is 0 Å². The molecule has 0 rings (SSSR count). The van der Waals surface area contributed by atoms with Crippen LogP contribution in [-0.4, -0.2) is 0 Å². The maximum atomic E-state index is 3.31. The fourth-order valence-corrected chi connectivity index (χ4v) is 0.596. The Balaban J connectivity index is 4.02. The molecule has 0 aromatic heterocycles. The van der Waals surface area contributed by atoms with Gasteiger partial charge in [0.05, 0.1) is 0 Å². The van der Waals surface area contributed by atoms with Gasteiger partial charge in [0.2, 0.25) is 0 Å². The molecule has 0 spiro atoms. The van der Waals surface area contributed by atoms with Gasteiger partial charge >= 0.3 is 0 Å². The molecule has 0 N–H and O–H groups in total. The maximum absolute atomic E-state index is 3.31. The zero-order valence-electron chi connectivity index (χ0n) is 9.31. The molecular formula is C12H22. The third kappa shape index (κ3) is 4.44. The van der Waals surface area contributed by atoms with Crippen LogP contribution in [0.15, 0.2) is 0 Å². The standard InChI is InChI=1S/C12H22/c1-9(2)11(5)7-8-12(6)10(3)4/h9-12H,1-6H3. The van der Waals surface area contributed by atoms with Crippen molar-refractivity contribution in [1.29, 1.82) is 0 Å². The monoisotopic (exact) mass is 166 g/mol. The van der Waals surface area contributed by atoms with E-state index in [2.05, 4.69) is 53.4 Å². The molecule has 0 heterocycles. The van der Waals surface area contributed by atoms with Crippen LogP contribution in [0.3, 0.4) is 0 Å². The van der Waals surface area contributed by atoms with Crippen LogP contribution >= 0.6 is 0 Å². The lowest BCUT2D eigenvalue weighted by Gasteiger charge is -2.10. The second-order valence-corrected chi connectivity index (χ2v) is 4.35. The first kappa shape index (κ1) is 11.6. The number of rotatable bonds is 2. The summed E-state index contributed by atoms with van der Waals surface area (Å²) in [5.74, 6) is 9.05. The summed E-state index contributed by atoms with van der Waals surface area (Å²) in [4.78, 5) is 0. The largest absolute Gasteiger partial charge is 0.0996 e. The molecule has 0 nitrogen and oxygen atoms in total. The van der Waals surface area contributed by atoms with Gasteiger partial charge in [-0.15, -0.1) is 0 Å². The first-order chi connectivity index (χ1) is 5.45. The predicted octanol–water partition coefficient (Wildman–Crippen LogP) is 3.57. The highest BCUT2D eigenvalue weighted by atomic mass is 14.1. The summed E-state index contributed by atoms with van der Waals surface area (Å²) in [5, 5.41) is 0. The molecule has 0 aromatic rings. The van der Waals surface area contributed by atoms with Crippen molar-refractivity contribution in [3.63, 3.8) is 0 Å². The second-order valence-electron chi connectivity index (χ2n) is 4.35.